The zero-order valence-corrected chi connectivity index (χ0v) is 36.6. The summed E-state index contributed by atoms with van der Waals surface area (Å²) in [6.45, 7) is 7.91. The van der Waals surface area contributed by atoms with Gasteiger partial charge in [0, 0.05) is 37.2 Å². The number of imidazole rings is 2. The summed E-state index contributed by atoms with van der Waals surface area (Å²) >= 11 is 5.92. The molecule has 0 amide bonds. The lowest BCUT2D eigenvalue weighted by atomic mass is 10.1. The number of aliphatic hydroxyl groups is 2. The largest absolute Gasteiger partial charge is 0.573 e. The Kier molecular flexibility index (Phi) is 13.1. The second kappa shape index (κ2) is 19.1. The monoisotopic (exact) mass is 912 g/mol. The van der Waals surface area contributed by atoms with Crippen LogP contribution in [0.1, 0.15) is 42.4 Å². The highest BCUT2D eigenvalue weighted by atomic mass is 35.5. The SMILES string of the molecule is Cc1cc(C)cc(-n2cnc(Nc3nc(N4CCC[C@H]4CO)c4cccn4n3)c2)c1.Cc1cc(OC(F)(F)F)cc(-n2cnc(N)c2)c1.OC[C@@H]1CCCN1c1nc(Cl)nn2cccc12. The number of nitrogens with one attached hydrogen (secondary N) is 1. The molecular formula is C44H48ClF3N14O3. The van der Waals surface area contributed by atoms with E-state index in [1.54, 1.807) is 23.8 Å². The zero-order valence-electron chi connectivity index (χ0n) is 35.8. The van der Waals surface area contributed by atoms with E-state index in [1.165, 1.54) is 40.4 Å². The van der Waals surface area contributed by atoms with Crippen molar-refractivity contribution in [1.29, 1.82) is 0 Å². The molecule has 0 aliphatic carbocycles. The van der Waals surface area contributed by atoms with E-state index in [-0.39, 0.29) is 42.1 Å². The number of nitrogen functional groups attached to an aromatic ring is 1. The minimum atomic E-state index is -4.71. The third-order valence-electron chi connectivity index (χ3n) is 10.9. The van der Waals surface area contributed by atoms with Gasteiger partial charge in [-0.25, -0.2) is 19.0 Å². The maximum atomic E-state index is 12.1. The number of hydrogen-bond donors (Lipinski definition) is 4. The summed E-state index contributed by atoms with van der Waals surface area (Å²) in [7, 11) is 0. The number of halogens is 4. The number of ether oxygens (including phenoxy) is 1. The van der Waals surface area contributed by atoms with Crippen molar-refractivity contribution in [3.63, 3.8) is 0 Å². The molecule has 5 N–H and O–H groups in total. The lowest BCUT2D eigenvalue weighted by Crippen LogP contribution is -2.33. The standard InChI is InChI=1S/C22H25N7O.C11H13ClN4O.C11H10F3N3O/c1-15-9-16(2)11-18(10-15)27-12-20(23-14-27)24-22-25-21(19-6-4-8-29(19)26-22)28-7-3-5-17(28)13-30;12-11-13-10(9-4-2-6-16(9)14-11)15-5-1-3-8(15)7-17;1-7-2-8(17-5-10(15)16-6-17)4-9(3-7)18-11(12,13)14/h4,6,8-12,14,17,30H,3,5,7,13H2,1-2H3,(H,24,26);2,4,6,8,17H,1,3,5,7H2;2-6H,15H2,1H3/t17-;8-;/m00./s1. The average molecular weight is 913 g/mol. The van der Waals surface area contributed by atoms with Gasteiger partial charge in [-0.2, -0.15) is 9.97 Å². The third kappa shape index (κ3) is 10.6. The van der Waals surface area contributed by atoms with Crippen LogP contribution in [0.4, 0.5) is 42.4 Å². The van der Waals surface area contributed by atoms with Crippen molar-refractivity contribution in [2.24, 2.45) is 0 Å². The van der Waals surface area contributed by atoms with Gasteiger partial charge in [-0.05, 0) is 123 Å². The number of aliphatic hydroxyl groups excluding tert-OH is 2. The molecule has 0 radical (unpaired) electrons. The first-order valence-electron chi connectivity index (χ1n) is 20.9. The van der Waals surface area contributed by atoms with Gasteiger partial charge in [0.25, 0.3) is 0 Å². The Balaban J connectivity index is 0.000000142. The van der Waals surface area contributed by atoms with Crippen molar-refractivity contribution < 1.29 is 28.1 Å². The molecule has 8 aromatic rings. The first kappa shape index (κ1) is 44.7. The number of nitrogens with two attached hydrogens (primary N) is 1. The maximum absolute atomic E-state index is 12.1. The molecule has 2 atom stereocenters. The fourth-order valence-corrected chi connectivity index (χ4v) is 8.35. The van der Waals surface area contributed by atoms with E-state index in [2.05, 4.69) is 77.0 Å². The smallest absolute Gasteiger partial charge is 0.406 e. The third-order valence-corrected chi connectivity index (χ3v) is 11.1. The van der Waals surface area contributed by atoms with Gasteiger partial charge < -0.3 is 44.9 Å². The molecule has 2 saturated heterocycles. The summed E-state index contributed by atoms with van der Waals surface area (Å²) < 4.78 is 47.4. The number of nitrogens with zero attached hydrogens (tertiary/aromatic N) is 12. The van der Waals surface area contributed by atoms with Crippen LogP contribution >= 0.6 is 11.6 Å². The van der Waals surface area contributed by atoms with Crippen LogP contribution in [0.5, 0.6) is 5.75 Å². The number of anilines is 5. The van der Waals surface area contributed by atoms with Crippen molar-refractivity contribution >= 4 is 51.9 Å². The molecule has 2 aromatic carbocycles. The van der Waals surface area contributed by atoms with Crippen LogP contribution in [0.2, 0.25) is 5.28 Å². The highest BCUT2D eigenvalue weighted by molar-refractivity contribution is 6.28. The maximum Gasteiger partial charge on any atom is 0.573 e. The van der Waals surface area contributed by atoms with E-state index in [9.17, 15) is 23.4 Å². The number of aryl methyl sites for hydroxylation is 3. The second-order valence-corrected chi connectivity index (χ2v) is 16.2. The Morgan fingerprint density at radius 1 is 0.754 bits per heavy atom. The van der Waals surface area contributed by atoms with Gasteiger partial charge >= 0.3 is 6.36 Å². The van der Waals surface area contributed by atoms with E-state index in [1.807, 2.05) is 51.9 Å². The number of benzene rings is 2. The minimum absolute atomic E-state index is 0.0928. The van der Waals surface area contributed by atoms with Crippen LogP contribution in [0.3, 0.4) is 0 Å². The fourth-order valence-electron chi connectivity index (χ4n) is 8.19. The molecule has 340 valence electrons. The van der Waals surface area contributed by atoms with E-state index in [0.717, 1.165) is 67.1 Å². The van der Waals surface area contributed by atoms with Crippen molar-refractivity contribution in [3.8, 4) is 17.1 Å². The van der Waals surface area contributed by atoms with Gasteiger partial charge in [-0.1, -0.05) is 6.07 Å². The van der Waals surface area contributed by atoms with Crippen LogP contribution in [-0.4, -0.2) is 103 Å². The van der Waals surface area contributed by atoms with Crippen LogP contribution in [0.15, 0.2) is 98.1 Å². The van der Waals surface area contributed by atoms with Gasteiger partial charge in [0.05, 0.1) is 43.4 Å². The second-order valence-electron chi connectivity index (χ2n) is 15.9. The summed E-state index contributed by atoms with van der Waals surface area (Å²) in [6.07, 6.45) is 9.76. The fraction of sp³-hybridized carbons (Fsp3) is 0.318. The van der Waals surface area contributed by atoms with Gasteiger partial charge in [0.15, 0.2) is 17.5 Å². The van der Waals surface area contributed by atoms with E-state index in [4.69, 9.17) is 22.3 Å². The van der Waals surface area contributed by atoms with Crippen LogP contribution in [0.25, 0.3) is 22.4 Å². The normalized spacial score (nSPS) is 16.1. The molecule has 0 saturated carbocycles. The Labute approximate surface area is 376 Å². The van der Waals surface area contributed by atoms with E-state index < -0.39 is 6.36 Å². The number of rotatable bonds is 9. The molecular weight excluding hydrogens is 865 g/mol. The minimum Gasteiger partial charge on any atom is -0.406 e. The van der Waals surface area contributed by atoms with Crippen LogP contribution in [0, 0.1) is 20.8 Å². The molecule has 2 fully saturated rings. The predicted molar refractivity (Wildman–Crippen MR) is 242 cm³/mol. The van der Waals surface area contributed by atoms with Crippen LogP contribution < -0.4 is 25.6 Å². The quantitative estimate of drug-likeness (QED) is 0.114. The lowest BCUT2D eigenvalue weighted by Gasteiger charge is -2.25. The summed E-state index contributed by atoms with van der Waals surface area (Å²) in [6, 6.07) is 18.7. The van der Waals surface area contributed by atoms with Crippen molar-refractivity contribution in [3.05, 3.63) is 120 Å². The van der Waals surface area contributed by atoms with E-state index in [0.29, 0.717) is 23.0 Å². The Bertz CT molecular complexity index is 2870. The lowest BCUT2D eigenvalue weighted by molar-refractivity contribution is -0.274. The van der Waals surface area contributed by atoms with Gasteiger partial charge in [-0.3, -0.25) is 0 Å². The molecule has 2 aliphatic rings. The molecule has 21 heteroatoms. The molecule has 65 heavy (non-hydrogen) atoms. The molecule has 17 nitrogen and oxygen atoms in total. The van der Waals surface area contributed by atoms with E-state index >= 15 is 0 Å². The number of fused-ring (bicyclic) bond motifs is 2. The number of alkyl halides is 3. The first-order valence-corrected chi connectivity index (χ1v) is 21.3. The average Bonchev–Trinajstić information content (AvgIpc) is 4.11. The van der Waals surface area contributed by atoms with Crippen molar-refractivity contribution in [1.82, 2.24) is 48.3 Å². The van der Waals surface area contributed by atoms with Gasteiger partial charge in [0.1, 0.15) is 35.3 Å². The molecule has 6 aromatic heterocycles. The molecule has 0 unspecified atom stereocenters. The number of aromatic nitrogens is 10. The van der Waals surface area contributed by atoms with Gasteiger partial charge in [-0.15, -0.1) is 23.4 Å². The molecule has 0 spiro atoms. The summed E-state index contributed by atoms with van der Waals surface area (Å²) in [4.78, 5) is 21.7. The zero-order chi connectivity index (χ0) is 45.8. The predicted octanol–water partition coefficient (Wildman–Crippen LogP) is 7.24. The molecule has 0 bridgehead atoms. The van der Waals surface area contributed by atoms with Crippen molar-refractivity contribution in [2.45, 2.75) is 64.9 Å². The van der Waals surface area contributed by atoms with Crippen molar-refractivity contribution in [2.75, 3.05) is 47.2 Å². The summed E-state index contributed by atoms with van der Waals surface area (Å²) in [5.41, 5.74) is 11.9. The molecule has 8 heterocycles. The first-order chi connectivity index (χ1) is 31.2. The molecule has 10 rings (SSSR count). The summed E-state index contributed by atoms with van der Waals surface area (Å²) in [5.74, 6) is 2.81. The Hall–Kier alpha value is -6.90. The highest BCUT2D eigenvalue weighted by Gasteiger charge is 2.32. The van der Waals surface area contributed by atoms with Crippen LogP contribution in [-0.2, 0) is 0 Å². The summed E-state index contributed by atoms with van der Waals surface area (Å²) in [5, 5.41) is 31.3. The topological polar surface area (TPSA) is 190 Å². The van der Waals surface area contributed by atoms with Gasteiger partial charge in [0.2, 0.25) is 11.2 Å². The number of hydrogen-bond acceptors (Lipinski definition) is 13. The molecule has 2 aliphatic heterocycles. The Morgan fingerprint density at radius 2 is 1.31 bits per heavy atom. The Morgan fingerprint density at radius 3 is 1.89 bits per heavy atom. The highest BCUT2D eigenvalue weighted by Crippen LogP contribution is 2.31.